The van der Waals surface area contributed by atoms with E-state index in [9.17, 15) is 9.90 Å². The molecule has 0 aliphatic carbocycles. The predicted octanol–water partition coefficient (Wildman–Crippen LogP) is 2.95. The first-order chi connectivity index (χ1) is 8.66. The van der Waals surface area contributed by atoms with Crippen molar-refractivity contribution < 1.29 is 9.90 Å². The molecule has 5 heteroatoms. The van der Waals surface area contributed by atoms with Crippen LogP contribution >= 0.6 is 11.3 Å². The van der Waals surface area contributed by atoms with Crippen LogP contribution in [0.25, 0.3) is 10.7 Å². The SMILES string of the molecule is Cc1ccc(-c2nc(C(=O)O)c3n2CCCC3)s1. The van der Waals surface area contributed by atoms with E-state index in [-0.39, 0.29) is 5.69 Å². The highest BCUT2D eigenvalue weighted by atomic mass is 32.1. The van der Waals surface area contributed by atoms with Crippen molar-refractivity contribution in [3.8, 4) is 10.7 Å². The zero-order chi connectivity index (χ0) is 12.7. The Morgan fingerprint density at radius 3 is 2.94 bits per heavy atom. The largest absolute Gasteiger partial charge is 0.476 e. The Morgan fingerprint density at radius 2 is 2.28 bits per heavy atom. The predicted molar refractivity (Wildman–Crippen MR) is 70.2 cm³/mol. The fourth-order valence-electron chi connectivity index (χ4n) is 2.46. The van der Waals surface area contributed by atoms with Crippen LogP contribution in [0.2, 0.25) is 0 Å². The second kappa shape index (κ2) is 4.24. The highest BCUT2D eigenvalue weighted by Gasteiger charge is 2.24. The fourth-order valence-corrected chi connectivity index (χ4v) is 3.32. The number of fused-ring (bicyclic) bond motifs is 1. The third-order valence-corrected chi connectivity index (χ3v) is 4.28. The Morgan fingerprint density at radius 1 is 1.44 bits per heavy atom. The van der Waals surface area contributed by atoms with E-state index < -0.39 is 5.97 Å². The highest BCUT2D eigenvalue weighted by molar-refractivity contribution is 7.15. The summed E-state index contributed by atoms with van der Waals surface area (Å²) >= 11 is 1.66. The summed E-state index contributed by atoms with van der Waals surface area (Å²) in [6.45, 7) is 2.92. The van der Waals surface area contributed by atoms with Gasteiger partial charge < -0.3 is 9.67 Å². The second-order valence-corrected chi connectivity index (χ2v) is 5.84. The molecule has 0 saturated carbocycles. The molecule has 0 saturated heterocycles. The zero-order valence-electron chi connectivity index (χ0n) is 10.1. The summed E-state index contributed by atoms with van der Waals surface area (Å²) in [6.07, 6.45) is 2.97. The van der Waals surface area contributed by atoms with Crippen molar-refractivity contribution in [3.63, 3.8) is 0 Å². The molecule has 94 valence electrons. The van der Waals surface area contributed by atoms with E-state index in [2.05, 4.69) is 9.55 Å². The zero-order valence-corrected chi connectivity index (χ0v) is 11.0. The minimum atomic E-state index is -0.917. The summed E-state index contributed by atoms with van der Waals surface area (Å²) in [4.78, 5) is 17.9. The minimum Gasteiger partial charge on any atom is -0.476 e. The van der Waals surface area contributed by atoms with Crippen LogP contribution in [0.5, 0.6) is 0 Å². The number of carboxylic acid groups (broad SMARTS) is 1. The Bertz CT molecular complexity index is 613. The van der Waals surface area contributed by atoms with Gasteiger partial charge in [-0.2, -0.15) is 0 Å². The summed E-state index contributed by atoms with van der Waals surface area (Å²) in [7, 11) is 0. The van der Waals surface area contributed by atoms with Gasteiger partial charge in [-0.1, -0.05) is 0 Å². The number of carbonyl (C=O) groups is 1. The molecule has 2 aromatic rings. The number of aromatic nitrogens is 2. The van der Waals surface area contributed by atoms with E-state index in [4.69, 9.17) is 0 Å². The van der Waals surface area contributed by atoms with Crippen LogP contribution in [0.1, 0.15) is 33.9 Å². The van der Waals surface area contributed by atoms with Gasteiger partial charge in [-0.05, 0) is 38.3 Å². The summed E-state index contributed by atoms with van der Waals surface area (Å²) < 4.78 is 2.08. The molecule has 4 nitrogen and oxygen atoms in total. The number of aromatic carboxylic acids is 1. The smallest absolute Gasteiger partial charge is 0.356 e. The van der Waals surface area contributed by atoms with Gasteiger partial charge in [0.05, 0.1) is 10.6 Å². The maximum absolute atomic E-state index is 11.3. The lowest BCUT2D eigenvalue weighted by Gasteiger charge is -2.16. The minimum absolute atomic E-state index is 0.232. The van der Waals surface area contributed by atoms with Crippen LogP contribution in [0.4, 0.5) is 0 Å². The molecule has 3 heterocycles. The molecular formula is C13H14N2O2S. The third-order valence-electron chi connectivity index (χ3n) is 3.28. The third kappa shape index (κ3) is 1.75. The maximum Gasteiger partial charge on any atom is 0.356 e. The number of aryl methyl sites for hydroxylation is 1. The van der Waals surface area contributed by atoms with Gasteiger partial charge in [0.15, 0.2) is 11.5 Å². The van der Waals surface area contributed by atoms with Crippen molar-refractivity contribution in [2.75, 3.05) is 0 Å². The molecule has 0 amide bonds. The molecule has 2 aromatic heterocycles. The molecule has 0 spiro atoms. The molecular weight excluding hydrogens is 248 g/mol. The van der Waals surface area contributed by atoms with Gasteiger partial charge in [0, 0.05) is 11.4 Å². The Hall–Kier alpha value is -1.62. The van der Waals surface area contributed by atoms with E-state index >= 15 is 0 Å². The molecule has 0 aromatic carbocycles. The van der Waals surface area contributed by atoms with Gasteiger partial charge >= 0.3 is 5.97 Å². The van der Waals surface area contributed by atoms with E-state index in [0.29, 0.717) is 0 Å². The van der Waals surface area contributed by atoms with E-state index in [0.717, 1.165) is 42.2 Å². The summed E-state index contributed by atoms with van der Waals surface area (Å²) in [5.74, 6) is -0.0969. The number of hydrogen-bond acceptors (Lipinski definition) is 3. The molecule has 0 radical (unpaired) electrons. The molecule has 3 rings (SSSR count). The fraction of sp³-hybridized carbons (Fsp3) is 0.385. The van der Waals surface area contributed by atoms with Crippen LogP contribution in [0.15, 0.2) is 12.1 Å². The van der Waals surface area contributed by atoms with E-state index in [1.807, 2.05) is 19.1 Å². The topological polar surface area (TPSA) is 55.1 Å². The van der Waals surface area contributed by atoms with E-state index in [1.54, 1.807) is 11.3 Å². The van der Waals surface area contributed by atoms with Crippen molar-refractivity contribution in [3.05, 3.63) is 28.4 Å². The van der Waals surface area contributed by atoms with Gasteiger partial charge in [0.1, 0.15) is 0 Å². The quantitative estimate of drug-likeness (QED) is 0.905. The molecule has 1 aliphatic rings. The normalized spacial score (nSPS) is 14.5. The number of nitrogens with zero attached hydrogens (tertiary/aromatic N) is 2. The highest BCUT2D eigenvalue weighted by Crippen LogP contribution is 2.31. The van der Waals surface area contributed by atoms with Crippen LogP contribution in [0, 0.1) is 6.92 Å². The lowest BCUT2D eigenvalue weighted by Crippen LogP contribution is -2.13. The average Bonchev–Trinajstić information content (AvgIpc) is 2.92. The Labute approximate surface area is 109 Å². The molecule has 18 heavy (non-hydrogen) atoms. The van der Waals surface area contributed by atoms with E-state index in [1.165, 1.54) is 4.88 Å². The summed E-state index contributed by atoms with van der Waals surface area (Å²) in [5.41, 5.74) is 1.12. The number of carboxylic acids is 1. The number of imidazole rings is 1. The summed E-state index contributed by atoms with van der Waals surface area (Å²) in [5, 5.41) is 9.23. The molecule has 0 bridgehead atoms. The van der Waals surface area contributed by atoms with Gasteiger partial charge in [-0.3, -0.25) is 0 Å². The molecule has 1 aliphatic heterocycles. The standard InChI is InChI=1S/C13H14N2O2S/c1-8-5-6-10(18-8)12-14-11(13(16)17)9-4-2-3-7-15(9)12/h5-6H,2-4,7H2,1H3,(H,16,17). The lowest BCUT2D eigenvalue weighted by atomic mass is 10.1. The van der Waals surface area contributed by atoms with Crippen LogP contribution < -0.4 is 0 Å². The Balaban J connectivity index is 2.18. The average molecular weight is 262 g/mol. The monoisotopic (exact) mass is 262 g/mol. The number of hydrogen-bond donors (Lipinski definition) is 1. The van der Waals surface area contributed by atoms with Gasteiger partial charge in [0.2, 0.25) is 0 Å². The van der Waals surface area contributed by atoms with Crippen LogP contribution in [-0.4, -0.2) is 20.6 Å². The second-order valence-electron chi connectivity index (χ2n) is 4.55. The number of rotatable bonds is 2. The molecule has 0 unspecified atom stereocenters. The maximum atomic E-state index is 11.3. The summed E-state index contributed by atoms with van der Waals surface area (Å²) in [6, 6.07) is 4.07. The molecule has 1 N–H and O–H groups in total. The number of thiophene rings is 1. The van der Waals surface area contributed by atoms with Crippen molar-refractivity contribution in [2.24, 2.45) is 0 Å². The van der Waals surface area contributed by atoms with Crippen molar-refractivity contribution >= 4 is 17.3 Å². The van der Waals surface area contributed by atoms with Crippen LogP contribution in [0.3, 0.4) is 0 Å². The first-order valence-electron chi connectivity index (χ1n) is 6.06. The molecule has 0 atom stereocenters. The first kappa shape index (κ1) is 11.5. The van der Waals surface area contributed by atoms with Gasteiger partial charge in [-0.15, -0.1) is 11.3 Å². The Kier molecular flexibility index (Phi) is 2.70. The van der Waals surface area contributed by atoms with Gasteiger partial charge in [-0.25, -0.2) is 9.78 Å². The molecule has 0 fully saturated rings. The van der Waals surface area contributed by atoms with Gasteiger partial charge in [0.25, 0.3) is 0 Å². The van der Waals surface area contributed by atoms with Crippen LogP contribution in [-0.2, 0) is 13.0 Å². The lowest BCUT2D eigenvalue weighted by molar-refractivity contribution is 0.0689. The van der Waals surface area contributed by atoms with Crippen molar-refractivity contribution in [2.45, 2.75) is 32.7 Å². The van der Waals surface area contributed by atoms with Crippen molar-refractivity contribution in [1.82, 2.24) is 9.55 Å². The first-order valence-corrected chi connectivity index (χ1v) is 6.88. The van der Waals surface area contributed by atoms with Crippen molar-refractivity contribution in [1.29, 1.82) is 0 Å².